The summed E-state index contributed by atoms with van der Waals surface area (Å²) >= 11 is 12.4. The van der Waals surface area contributed by atoms with Gasteiger partial charge >= 0.3 is 0 Å². The molecule has 3 rings (SSSR count). The van der Waals surface area contributed by atoms with Gasteiger partial charge < -0.3 is 19.9 Å². The third-order valence-electron chi connectivity index (χ3n) is 3.94. The van der Waals surface area contributed by atoms with Crippen molar-refractivity contribution >= 4 is 29.2 Å². The number of nitrogens with zero attached hydrogens (tertiary/aromatic N) is 2. The van der Waals surface area contributed by atoms with Crippen LogP contribution in [0.15, 0.2) is 18.3 Å². The molecule has 1 aromatic carbocycles. The molecule has 0 radical (unpaired) electrons. The lowest BCUT2D eigenvalue weighted by molar-refractivity contribution is -0.0136. The highest BCUT2D eigenvalue weighted by Gasteiger charge is 2.25. The van der Waals surface area contributed by atoms with Gasteiger partial charge in [0, 0.05) is 12.2 Å². The molecule has 2 aromatic rings. The maximum atomic E-state index is 13.9. The van der Waals surface area contributed by atoms with Crippen molar-refractivity contribution in [2.24, 2.45) is 0 Å². The summed E-state index contributed by atoms with van der Waals surface area (Å²) in [6, 6.07) is 2.18. The first kappa shape index (κ1) is 19.1. The molecular formula is C17H18Cl2FN3O3. The second-order valence-corrected chi connectivity index (χ2v) is 6.58. The molecule has 1 saturated heterocycles. The molecule has 6 nitrogen and oxygen atoms in total. The van der Waals surface area contributed by atoms with Crippen molar-refractivity contribution in [3.8, 4) is 17.0 Å². The zero-order valence-electron chi connectivity index (χ0n) is 14.0. The number of anilines is 1. The molecule has 1 aliphatic rings. The number of nitrogens with one attached hydrogen (secondary N) is 1. The molecule has 0 spiro atoms. The van der Waals surface area contributed by atoms with Crippen molar-refractivity contribution < 1.29 is 19.0 Å². The molecule has 0 amide bonds. The lowest BCUT2D eigenvalue weighted by atomic mass is 10.1. The zero-order chi connectivity index (χ0) is 18.7. The Kier molecular flexibility index (Phi) is 6.13. The fourth-order valence-electron chi connectivity index (χ4n) is 2.71. The third kappa shape index (κ3) is 4.17. The summed E-state index contributed by atoms with van der Waals surface area (Å²) in [5, 5.41) is 13.4. The van der Waals surface area contributed by atoms with Crippen LogP contribution in [-0.2, 0) is 4.74 Å². The first-order valence-electron chi connectivity index (χ1n) is 8.16. The normalized spacial score (nSPS) is 20.0. The van der Waals surface area contributed by atoms with E-state index >= 15 is 0 Å². The Morgan fingerprint density at radius 3 is 2.92 bits per heavy atom. The van der Waals surface area contributed by atoms with E-state index < -0.39 is 11.9 Å². The number of rotatable bonds is 5. The summed E-state index contributed by atoms with van der Waals surface area (Å²) in [4.78, 5) is 8.52. The Morgan fingerprint density at radius 1 is 1.38 bits per heavy atom. The number of hydrogen-bond donors (Lipinski definition) is 2. The van der Waals surface area contributed by atoms with Crippen LogP contribution in [0.2, 0.25) is 10.0 Å². The minimum absolute atomic E-state index is 0.130. The summed E-state index contributed by atoms with van der Waals surface area (Å²) in [5.41, 5.74) is 0.621. The van der Waals surface area contributed by atoms with E-state index in [0.717, 1.165) is 0 Å². The number of aliphatic hydroxyl groups is 1. The maximum absolute atomic E-state index is 13.9. The van der Waals surface area contributed by atoms with E-state index in [4.69, 9.17) is 32.7 Å². The third-order valence-corrected chi connectivity index (χ3v) is 4.49. The molecule has 9 heteroatoms. The minimum atomic E-state index is -0.672. The monoisotopic (exact) mass is 401 g/mol. The van der Waals surface area contributed by atoms with Gasteiger partial charge in [-0.05, 0) is 25.5 Å². The van der Waals surface area contributed by atoms with Crippen LogP contribution in [0.4, 0.5) is 10.3 Å². The van der Waals surface area contributed by atoms with Crippen molar-refractivity contribution in [3.63, 3.8) is 0 Å². The van der Waals surface area contributed by atoms with Gasteiger partial charge in [0.2, 0.25) is 5.95 Å². The average Bonchev–Trinajstić information content (AvgIpc) is 2.61. The molecule has 0 bridgehead atoms. The van der Waals surface area contributed by atoms with Gasteiger partial charge in [-0.15, -0.1) is 0 Å². The highest BCUT2D eigenvalue weighted by atomic mass is 35.5. The van der Waals surface area contributed by atoms with E-state index in [2.05, 4.69) is 15.3 Å². The predicted molar refractivity (Wildman–Crippen MR) is 97.5 cm³/mol. The molecule has 2 N–H and O–H groups in total. The van der Waals surface area contributed by atoms with Crippen molar-refractivity contribution in [1.82, 2.24) is 9.97 Å². The van der Waals surface area contributed by atoms with Crippen LogP contribution < -0.4 is 10.1 Å². The van der Waals surface area contributed by atoms with Gasteiger partial charge in [0.15, 0.2) is 0 Å². The van der Waals surface area contributed by atoms with Crippen LogP contribution in [0.5, 0.6) is 5.75 Å². The highest BCUT2D eigenvalue weighted by molar-refractivity contribution is 6.34. The second kappa shape index (κ2) is 8.35. The molecule has 1 fully saturated rings. The molecule has 2 heterocycles. The summed E-state index contributed by atoms with van der Waals surface area (Å²) < 4.78 is 24.7. The summed E-state index contributed by atoms with van der Waals surface area (Å²) in [5.74, 6) is 0.0314. The van der Waals surface area contributed by atoms with Crippen molar-refractivity contribution in [2.75, 3.05) is 25.1 Å². The number of aromatic nitrogens is 2. The summed E-state index contributed by atoms with van der Waals surface area (Å²) in [6.07, 6.45) is 1.35. The molecule has 1 aromatic heterocycles. The summed E-state index contributed by atoms with van der Waals surface area (Å²) in [7, 11) is 0. The van der Waals surface area contributed by atoms with E-state index in [-0.39, 0.29) is 34.3 Å². The van der Waals surface area contributed by atoms with Gasteiger partial charge in [-0.2, -0.15) is 0 Å². The topological polar surface area (TPSA) is 76.5 Å². The van der Waals surface area contributed by atoms with E-state index in [9.17, 15) is 9.50 Å². The number of benzene rings is 1. The van der Waals surface area contributed by atoms with Crippen molar-refractivity contribution in [3.05, 3.63) is 34.2 Å². The van der Waals surface area contributed by atoms with E-state index in [1.165, 1.54) is 18.3 Å². The number of hydrogen-bond acceptors (Lipinski definition) is 6. The maximum Gasteiger partial charge on any atom is 0.223 e. The second-order valence-electron chi connectivity index (χ2n) is 5.77. The molecular weight excluding hydrogens is 384 g/mol. The lowest BCUT2D eigenvalue weighted by Crippen LogP contribution is -2.42. The Morgan fingerprint density at radius 2 is 2.19 bits per heavy atom. The fraction of sp³-hybridized carbons (Fsp3) is 0.412. The molecule has 26 heavy (non-hydrogen) atoms. The van der Waals surface area contributed by atoms with Gasteiger partial charge in [-0.25, -0.2) is 14.4 Å². The molecule has 0 aliphatic carbocycles. The molecule has 140 valence electrons. The summed E-state index contributed by atoms with van der Waals surface area (Å²) in [6.45, 7) is 2.92. The smallest absolute Gasteiger partial charge is 0.223 e. The fourth-order valence-corrected chi connectivity index (χ4v) is 3.16. The molecule has 0 saturated carbocycles. The first-order valence-corrected chi connectivity index (χ1v) is 8.92. The predicted octanol–water partition coefficient (Wildman–Crippen LogP) is 3.55. The van der Waals surface area contributed by atoms with Gasteiger partial charge in [-0.3, -0.25) is 0 Å². The SMILES string of the molecule is CCOc1c(Cl)cc(F)cc1-c1nc(N[C@@H]2CCOC[C@H]2O)ncc1Cl. The van der Waals surface area contributed by atoms with Gasteiger partial charge in [0.05, 0.1) is 47.3 Å². The zero-order valence-corrected chi connectivity index (χ0v) is 15.5. The number of aliphatic hydroxyl groups excluding tert-OH is 1. The van der Waals surface area contributed by atoms with Crippen LogP contribution in [0, 0.1) is 5.82 Å². The van der Waals surface area contributed by atoms with Gasteiger partial charge in [-0.1, -0.05) is 23.2 Å². The largest absolute Gasteiger partial charge is 0.492 e. The van der Waals surface area contributed by atoms with Crippen molar-refractivity contribution in [1.29, 1.82) is 0 Å². The van der Waals surface area contributed by atoms with Gasteiger partial charge in [0.1, 0.15) is 11.6 Å². The number of halogens is 3. The average molecular weight is 402 g/mol. The van der Waals surface area contributed by atoms with Crippen LogP contribution in [-0.4, -0.2) is 47.0 Å². The first-order chi connectivity index (χ1) is 12.5. The standard InChI is InChI=1S/C17H18Cl2FN3O3/c1-2-26-16-10(5-9(20)6-11(16)18)15-12(19)7-21-17(23-15)22-13-3-4-25-8-14(13)24/h5-7,13-14,24H,2-4,8H2,1H3,(H,21,22,23)/t13-,14-/m1/s1. The quantitative estimate of drug-likeness (QED) is 0.797. The number of ether oxygens (including phenoxy) is 2. The molecule has 0 unspecified atom stereocenters. The Hall–Kier alpha value is -1.67. The molecule has 2 atom stereocenters. The minimum Gasteiger partial charge on any atom is -0.492 e. The highest BCUT2D eigenvalue weighted by Crippen LogP contribution is 2.39. The van der Waals surface area contributed by atoms with Crippen LogP contribution >= 0.6 is 23.2 Å². The lowest BCUT2D eigenvalue weighted by Gasteiger charge is -2.28. The Bertz CT molecular complexity index is 794. The van der Waals surface area contributed by atoms with Gasteiger partial charge in [0.25, 0.3) is 0 Å². The Labute approximate surface area is 160 Å². The van der Waals surface area contributed by atoms with E-state index in [0.29, 0.717) is 30.9 Å². The Balaban J connectivity index is 1.98. The van der Waals surface area contributed by atoms with Crippen LogP contribution in [0.1, 0.15) is 13.3 Å². The van der Waals surface area contributed by atoms with Crippen LogP contribution in [0.3, 0.4) is 0 Å². The van der Waals surface area contributed by atoms with E-state index in [1.54, 1.807) is 6.92 Å². The van der Waals surface area contributed by atoms with Crippen LogP contribution in [0.25, 0.3) is 11.3 Å². The molecule has 1 aliphatic heterocycles. The van der Waals surface area contributed by atoms with E-state index in [1.807, 2.05) is 0 Å². The van der Waals surface area contributed by atoms with Crippen molar-refractivity contribution in [2.45, 2.75) is 25.5 Å².